The van der Waals surface area contributed by atoms with Crippen molar-refractivity contribution < 1.29 is 19.1 Å². The molecule has 0 aromatic heterocycles. The molecule has 0 unspecified atom stereocenters. The van der Waals surface area contributed by atoms with Crippen molar-refractivity contribution >= 4 is 39.4 Å². The highest BCUT2D eigenvalue weighted by Gasteiger charge is 2.53. The number of hydrogen-bond donors (Lipinski definition) is 0. The number of fused-ring (bicyclic) bond motifs is 2. The first-order valence-electron chi connectivity index (χ1n) is 10.7. The van der Waals surface area contributed by atoms with Gasteiger partial charge in [-0.05, 0) is 56.0 Å². The molecule has 0 aliphatic heterocycles. The topological polar surface area (TPSA) is 60.4 Å². The third-order valence-electron chi connectivity index (χ3n) is 5.71. The van der Waals surface area contributed by atoms with E-state index >= 15 is 0 Å². The molecule has 0 bridgehead atoms. The number of thioether (sulfide) groups is 1. The number of rotatable bonds is 5. The smallest absolute Gasteiger partial charge is 0.320 e. The van der Waals surface area contributed by atoms with Crippen molar-refractivity contribution in [2.45, 2.75) is 50.5 Å². The molecule has 1 atom stereocenters. The van der Waals surface area contributed by atoms with Crippen molar-refractivity contribution in [3.63, 3.8) is 0 Å². The van der Waals surface area contributed by atoms with Crippen LogP contribution in [0.2, 0.25) is 0 Å². The molecule has 4 rings (SSSR count). The number of ether oxygens (including phenoxy) is 1. The van der Waals surface area contributed by atoms with Crippen LogP contribution in [0.4, 0.5) is 0 Å². The summed E-state index contributed by atoms with van der Waals surface area (Å²) in [5, 5.41) is 2.00. The zero-order chi connectivity index (χ0) is 22.9. The van der Waals surface area contributed by atoms with Crippen LogP contribution in [-0.2, 0) is 20.7 Å². The lowest BCUT2D eigenvalue weighted by Gasteiger charge is -2.29. The first-order chi connectivity index (χ1) is 15.2. The molecule has 0 saturated carbocycles. The van der Waals surface area contributed by atoms with Gasteiger partial charge < -0.3 is 4.74 Å². The van der Waals surface area contributed by atoms with Crippen LogP contribution in [0, 0.1) is 5.41 Å². The van der Waals surface area contributed by atoms with E-state index in [-0.39, 0.29) is 30.2 Å². The normalized spacial score (nSPS) is 17.9. The minimum Gasteiger partial charge on any atom is -0.459 e. The van der Waals surface area contributed by atoms with Gasteiger partial charge in [0, 0.05) is 16.9 Å². The van der Waals surface area contributed by atoms with E-state index in [1.807, 2.05) is 54.6 Å². The predicted octanol–water partition coefficient (Wildman–Crippen LogP) is 6.01. The molecule has 0 fully saturated rings. The molecular weight excluding hydrogens is 420 g/mol. The summed E-state index contributed by atoms with van der Waals surface area (Å²) >= 11 is 1.16. The monoisotopic (exact) mass is 446 g/mol. The summed E-state index contributed by atoms with van der Waals surface area (Å²) in [6.07, 6.45) is 0.502. The first-order valence-corrected chi connectivity index (χ1v) is 11.6. The molecule has 0 spiro atoms. The van der Waals surface area contributed by atoms with E-state index in [4.69, 9.17) is 4.74 Å². The maximum absolute atomic E-state index is 13.4. The second-order valence-electron chi connectivity index (χ2n) is 9.20. The fourth-order valence-corrected chi connectivity index (χ4v) is 5.07. The van der Waals surface area contributed by atoms with Gasteiger partial charge in [0.05, 0.1) is 0 Å². The third kappa shape index (κ3) is 4.35. The standard InChI is InChI=1S/C27H26O4S/c1-26(2,3)31-25(30)27(17-19-10-5-7-13-21(19)24(27)29)16-15-23(28)32-22-14-8-11-18-9-4-6-12-20(18)22/h4-14H,15-17H2,1-3H3/t27-/m0/s1. The summed E-state index contributed by atoms with van der Waals surface area (Å²) in [4.78, 5) is 40.4. The molecule has 0 saturated heterocycles. The van der Waals surface area contributed by atoms with Crippen molar-refractivity contribution in [3.05, 3.63) is 77.9 Å². The minimum atomic E-state index is -1.36. The molecule has 1 aliphatic carbocycles. The van der Waals surface area contributed by atoms with E-state index in [2.05, 4.69) is 0 Å². The van der Waals surface area contributed by atoms with Gasteiger partial charge in [0.25, 0.3) is 0 Å². The summed E-state index contributed by atoms with van der Waals surface area (Å²) in [6, 6.07) is 21.0. The molecule has 3 aromatic rings. The number of ketones is 1. The van der Waals surface area contributed by atoms with Gasteiger partial charge >= 0.3 is 5.97 Å². The van der Waals surface area contributed by atoms with E-state index in [9.17, 15) is 14.4 Å². The Morgan fingerprint density at radius 1 is 0.969 bits per heavy atom. The molecule has 3 aromatic carbocycles. The van der Waals surface area contributed by atoms with Gasteiger partial charge in [-0.15, -0.1) is 0 Å². The van der Waals surface area contributed by atoms with E-state index < -0.39 is 17.0 Å². The summed E-state index contributed by atoms with van der Waals surface area (Å²) < 4.78 is 5.66. The molecule has 0 N–H and O–H groups in total. The van der Waals surface area contributed by atoms with Gasteiger partial charge in [-0.1, -0.05) is 72.4 Å². The van der Waals surface area contributed by atoms with Crippen molar-refractivity contribution in [1.82, 2.24) is 0 Å². The Morgan fingerprint density at radius 2 is 1.66 bits per heavy atom. The van der Waals surface area contributed by atoms with Gasteiger partial charge in [0.1, 0.15) is 11.0 Å². The average Bonchev–Trinajstić information content (AvgIpc) is 3.05. The van der Waals surface area contributed by atoms with Gasteiger partial charge in [-0.25, -0.2) is 0 Å². The number of hydrogen-bond acceptors (Lipinski definition) is 5. The highest BCUT2D eigenvalue weighted by Crippen LogP contribution is 2.43. The minimum absolute atomic E-state index is 0.0759. The highest BCUT2D eigenvalue weighted by atomic mass is 32.2. The second kappa shape index (κ2) is 8.55. The van der Waals surface area contributed by atoms with E-state index in [0.29, 0.717) is 5.56 Å². The van der Waals surface area contributed by atoms with Crippen molar-refractivity contribution in [2.75, 3.05) is 0 Å². The van der Waals surface area contributed by atoms with Crippen molar-refractivity contribution in [3.8, 4) is 0 Å². The third-order valence-corrected chi connectivity index (χ3v) is 6.72. The maximum atomic E-state index is 13.4. The summed E-state index contributed by atoms with van der Waals surface area (Å²) in [5.41, 5.74) is -0.697. The number of benzene rings is 3. The van der Waals surface area contributed by atoms with Gasteiger partial charge in [0.2, 0.25) is 0 Å². The number of Topliss-reactive ketones (excluding diaryl/α,β-unsaturated/α-hetero) is 1. The SMILES string of the molecule is CC(C)(C)OC(=O)[C@@]1(CCC(=O)Sc2cccc3ccccc23)Cc2ccccc2C1=O. The summed E-state index contributed by atoms with van der Waals surface area (Å²) in [7, 11) is 0. The molecule has 0 amide bonds. The Hall–Kier alpha value is -2.92. The highest BCUT2D eigenvalue weighted by molar-refractivity contribution is 8.13. The lowest BCUT2D eigenvalue weighted by atomic mass is 9.79. The average molecular weight is 447 g/mol. The van der Waals surface area contributed by atoms with Crippen LogP contribution in [-0.4, -0.2) is 22.5 Å². The van der Waals surface area contributed by atoms with Crippen LogP contribution in [0.1, 0.15) is 49.5 Å². The van der Waals surface area contributed by atoms with Crippen LogP contribution in [0.15, 0.2) is 71.6 Å². The number of esters is 1. The molecule has 4 nitrogen and oxygen atoms in total. The van der Waals surface area contributed by atoms with Crippen LogP contribution >= 0.6 is 11.8 Å². The zero-order valence-electron chi connectivity index (χ0n) is 18.5. The quantitative estimate of drug-likeness (QED) is 0.273. The Kier molecular flexibility index (Phi) is 5.95. The zero-order valence-corrected chi connectivity index (χ0v) is 19.3. The molecule has 0 radical (unpaired) electrons. The first kappa shape index (κ1) is 22.3. The maximum Gasteiger partial charge on any atom is 0.320 e. The van der Waals surface area contributed by atoms with Crippen molar-refractivity contribution in [1.29, 1.82) is 0 Å². The van der Waals surface area contributed by atoms with Crippen LogP contribution in [0.3, 0.4) is 0 Å². The van der Waals surface area contributed by atoms with Gasteiger partial charge in [0.15, 0.2) is 10.9 Å². The van der Waals surface area contributed by atoms with E-state index in [0.717, 1.165) is 33.0 Å². The molecular formula is C27H26O4S. The Labute approximate surface area is 192 Å². The second-order valence-corrected chi connectivity index (χ2v) is 10.3. The van der Waals surface area contributed by atoms with Crippen LogP contribution in [0.25, 0.3) is 10.8 Å². The molecule has 32 heavy (non-hydrogen) atoms. The van der Waals surface area contributed by atoms with E-state index in [1.54, 1.807) is 32.9 Å². The fourth-order valence-electron chi connectivity index (χ4n) is 4.18. The summed E-state index contributed by atoms with van der Waals surface area (Å²) in [6.45, 7) is 5.35. The Morgan fingerprint density at radius 3 is 2.41 bits per heavy atom. The van der Waals surface area contributed by atoms with Crippen LogP contribution in [0.5, 0.6) is 0 Å². The lowest BCUT2D eigenvalue weighted by Crippen LogP contribution is -2.42. The lowest BCUT2D eigenvalue weighted by molar-refractivity contribution is -0.164. The predicted molar refractivity (Wildman–Crippen MR) is 127 cm³/mol. The molecule has 164 valence electrons. The molecule has 0 heterocycles. The molecule has 1 aliphatic rings. The Bertz CT molecular complexity index is 1200. The van der Waals surface area contributed by atoms with Crippen LogP contribution < -0.4 is 0 Å². The van der Waals surface area contributed by atoms with Gasteiger partial charge in [-0.2, -0.15) is 0 Å². The van der Waals surface area contributed by atoms with E-state index in [1.165, 1.54) is 0 Å². The largest absolute Gasteiger partial charge is 0.459 e. The molecule has 5 heteroatoms. The number of carbonyl (C=O) groups excluding carboxylic acids is 3. The van der Waals surface area contributed by atoms with Gasteiger partial charge in [-0.3, -0.25) is 14.4 Å². The number of carbonyl (C=O) groups is 3. The summed E-state index contributed by atoms with van der Waals surface area (Å²) in [5.74, 6) is -0.792. The van der Waals surface area contributed by atoms with Crippen molar-refractivity contribution in [2.24, 2.45) is 5.41 Å². The fraction of sp³-hybridized carbons (Fsp3) is 0.296. The Balaban J connectivity index is 1.56.